The molecule has 2 rings (SSSR count). The number of halogens is 3. The number of esters is 1. The second-order valence-electron chi connectivity index (χ2n) is 5.73. The highest BCUT2D eigenvalue weighted by Gasteiger charge is 2.30. The highest BCUT2D eigenvalue weighted by Crippen LogP contribution is 2.30. The Morgan fingerprint density at radius 3 is 2.21 bits per heavy atom. The number of carbonyl (C=O) groups is 3. The smallest absolute Gasteiger partial charge is 0.416 e. The predicted octanol–water partition coefficient (Wildman–Crippen LogP) is 3.85. The van der Waals surface area contributed by atoms with E-state index in [1.807, 2.05) is 0 Å². The SMILES string of the molecule is COC(=O)CCC(=O)Nc1ccc(C(=O)Nc2cccc(C(F)(F)F)c2)cc1. The molecule has 2 N–H and O–H groups in total. The standard InChI is InChI=1S/C19H17F3N2O4/c1-28-17(26)10-9-16(25)23-14-7-5-12(6-8-14)18(27)24-15-4-2-3-13(11-15)19(20,21)22/h2-8,11H,9-10H2,1H3,(H,23,25)(H,24,27). The van der Waals surface area contributed by atoms with Gasteiger partial charge in [-0.05, 0) is 42.5 Å². The van der Waals surface area contributed by atoms with Crippen molar-refractivity contribution in [2.75, 3.05) is 17.7 Å². The average molecular weight is 394 g/mol. The minimum absolute atomic E-state index is 0.0139. The molecular formula is C19H17F3N2O4. The monoisotopic (exact) mass is 394 g/mol. The summed E-state index contributed by atoms with van der Waals surface area (Å²) in [5, 5.41) is 4.95. The molecule has 0 aliphatic heterocycles. The van der Waals surface area contributed by atoms with Crippen molar-refractivity contribution in [1.29, 1.82) is 0 Å². The second-order valence-corrected chi connectivity index (χ2v) is 5.73. The molecule has 0 heterocycles. The summed E-state index contributed by atoms with van der Waals surface area (Å²) in [7, 11) is 1.23. The summed E-state index contributed by atoms with van der Waals surface area (Å²) < 4.78 is 42.6. The molecule has 148 valence electrons. The van der Waals surface area contributed by atoms with E-state index < -0.39 is 29.5 Å². The van der Waals surface area contributed by atoms with Gasteiger partial charge >= 0.3 is 12.1 Å². The molecule has 0 fully saturated rings. The van der Waals surface area contributed by atoms with E-state index in [1.165, 1.54) is 43.5 Å². The molecule has 6 nitrogen and oxygen atoms in total. The van der Waals surface area contributed by atoms with Crippen molar-refractivity contribution in [3.8, 4) is 0 Å². The summed E-state index contributed by atoms with van der Waals surface area (Å²) in [5.74, 6) is -1.49. The second kappa shape index (κ2) is 9.03. The molecule has 0 atom stereocenters. The van der Waals surface area contributed by atoms with Crippen LogP contribution in [-0.2, 0) is 20.5 Å². The van der Waals surface area contributed by atoms with Crippen LogP contribution >= 0.6 is 0 Å². The van der Waals surface area contributed by atoms with Crippen molar-refractivity contribution in [3.63, 3.8) is 0 Å². The summed E-state index contributed by atoms with van der Waals surface area (Å²) in [6, 6.07) is 10.1. The van der Waals surface area contributed by atoms with Gasteiger partial charge in [0.1, 0.15) is 0 Å². The van der Waals surface area contributed by atoms with Crippen LogP contribution in [0.4, 0.5) is 24.5 Å². The van der Waals surface area contributed by atoms with Gasteiger partial charge < -0.3 is 15.4 Å². The molecule has 2 aromatic rings. The van der Waals surface area contributed by atoms with Crippen LogP contribution in [0.3, 0.4) is 0 Å². The van der Waals surface area contributed by atoms with E-state index in [2.05, 4.69) is 15.4 Å². The molecule has 0 aromatic heterocycles. The Hall–Kier alpha value is -3.36. The Morgan fingerprint density at radius 1 is 0.929 bits per heavy atom. The fraction of sp³-hybridized carbons (Fsp3) is 0.211. The third kappa shape index (κ3) is 6.11. The lowest BCUT2D eigenvalue weighted by molar-refractivity contribution is -0.141. The van der Waals surface area contributed by atoms with E-state index in [0.29, 0.717) is 5.69 Å². The summed E-state index contributed by atoms with van der Waals surface area (Å²) in [6.07, 6.45) is -4.61. The first-order chi connectivity index (χ1) is 13.2. The zero-order valence-corrected chi connectivity index (χ0v) is 14.8. The van der Waals surface area contributed by atoms with Gasteiger partial charge in [-0.1, -0.05) is 6.07 Å². The van der Waals surface area contributed by atoms with E-state index in [1.54, 1.807) is 0 Å². The molecule has 0 unspecified atom stereocenters. The van der Waals surface area contributed by atoms with Crippen LogP contribution in [0.2, 0.25) is 0 Å². The number of nitrogens with one attached hydrogen (secondary N) is 2. The predicted molar refractivity (Wildman–Crippen MR) is 95.7 cm³/mol. The van der Waals surface area contributed by atoms with Gasteiger partial charge in [-0.3, -0.25) is 14.4 Å². The van der Waals surface area contributed by atoms with Gasteiger partial charge in [-0.2, -0.15) is 13.2 Å². The van der Waals surface area contributed by atoms with Crippen molar-refractivity contribution in [3.05, 3.63) is 59.7 Å². The minimum atomic E-state index is -4.51. The number of hydrogen-bond acceptors (Lipinski definition) is 4. The molecule has 0 aliphatic carbocycles. The first-order valence-electron chi connectivity index (χ1n) is 8.14. The summed E-state index contributed by atoms with van der Waals surface area (Å²) in [5.41, 5.74) is -0.245. The van der Waals surface area contributed by atoms with Crippen LogP contribution in [0.25, 0.3) is 0 Å². The molecule has 0 saturated carbocycles. The number of ether oxygens (including phenoxy) is 1. The van der Waals surface area contributed by atoms with Gasteiger partial charge in [0.15, 0.2) is 0 Å². The molecule has 0 saturated heterocycles. The summed E-state index contributed by atoms with van der Waals surface area (Å²) >= 11 is 0. The number of amides is 2. The first-order valence-corrected chi connectivity index (χ1v) is 8.14. The normalized spacial score (nSPS) is 10.9. The van der Waals surface area contributed by atoms with Crippen LogP contribution in [0.1, 0.15) is 28.8 Å². The Balaban J connectivity index is 1.97. The lowest BCUT2D eigenvalue weighted by atomic mass is 10.1. The van der Waals surface area contributed by atoms with Crippen LogP contribution < -0.4 is 10.6 Å². The number of rotatable bonds is 6. The molecule has 0 aliphatic rings. The van der Waals surface area contributed by atoms with Crippen LogP contribution in [0.5, 0.6) is 0 Å². The van der Waals surface area contributed by atoms with E-state index in [0.717, 1.165) is 12.1 Å². The fourth-order valence-electron chi connectivity index (χ4n) is 2.22. The van der Waals surface area contributed by atoms with E-state index in [4.69, 9.17) is 0 Å². The number of alkyl halides is 3. The van der Waals surface area contributed by atoms with Gasteiger partial charge in [0, 0.05) is 23.4 Å². The van der Waals surface area contributed by atoms with E-state index >= 15 is 0 Å². The Bertz CT molecular complexity index is 864. The zero-order valence-electron chi connectivity index (χ0n) is 14.8. The van der Waals surface area contributed by atoms with Gasteiger partial charge in [-0.15, -0.1) is 0 Å². The molecule has 9 heteroatoms. The molecule has 0 radical (unpaired) electrons. The Kier molecular flexibility index (Phi) is 6.75. The van der Waals surface area contributed by atoms with Crippen molar-refractivity contribution < 1.29 is 32.3 Å². The lowest BCUT2D eigenvalue weighted by Crippen LogP contribution is -2.15. The van der Waals surface area contributed by atoms with Gasteiger partial charge in [0.25, 0.3) is 5.91 Å². The number of methoxy groups -OCH3 is 1. The van der Waals surface area contributed by atoms with Gasteiger partial charge in [-0.25, -0.2) is 0 Å². The number of anilines is 2. The first kappa shape index (κ1) is 20.9. The number of carbonyl (C=O) groups excluding carboxylic acids is 3. The third-order valence-corrected chi connectivity index (χ3v) is 3.66. The fourth-order valence-corrected chi connectivity index (χ4v) is 2.22. The third-order valence-electron chi connectivity index (χ3n) is 3.66. The van der Waals surface area contributed by atoms with Crippen molar-refractivity contribution >= 4 is 29.2 Å². The highest BCUT2D eigenvalue weighted by molar-refractivity contribution is 6.04. The van der Waals surface area contributed by atoms with Gasteiger partial charge in [0.2, 0.25) is 5.91 Å². The van der Waals surface area contributed by atoms with Crippen molar-refractivity contribution in [1.82, 2.24) is 0 Å². The maximum Gasteiger partial charge on any atom is 0.416 e. The lowest BCUT2D eigenvalue weighted by Gasteiger charge is -2.10. The molecule has 28 heavy (non-hydrogen) atoms. The quantitative estimate of drug-likeness (QED) is 0.729. The topological polar surface area (TPSA) is 84.5 Å². The maximum atomic E-state index is 12.7. The number of hydrogen-bond donors (Lipinski definition) is 2. The molecule has 0 bridgehead atoms. The summed E-state index contributed by atoms with van der Waals surface area (Å²) in [6.45, 7) is 0. The van der Waals surface area contributed by atoms with E-state index in [9.17, 15) is 27.6 Å². The molecule has 0 spiro atoms. The van der Waals surface area contributed by atoms with E-state index in [-0.39, 0.29) is 24.1 Å². The van der Waals surface area contributed by atoms with Crippen LogP contribution in [0.15, 0.2) is 48.5 Å². The summed E-state index contributed by atoms with van der Waals surface area (Å²) in [4.78, 5) is 34.9. The van der Waals surface area contributed by atoms with Crippen molar-refractivity contribution in [2.45, 2.75) is 19.0 Å². The Morgan fingerprint density at radius 2 is 1.61 bits per heavy atom. The largest absolute Gasteiger partial charge is 0.469 e. The highest BCUT2D eigenvalue weighted by atomic mass is 19.4. The van der Waals surface area contributed by atoms with Gasteiger partial charge in [0.05, 0.1) is 19.1 Å². The maximum absolute atomic E-state index is 12.7. The zero-order chi connectivity index (χ0) is 20.7. The van der Waals surface area contributed by atoms with Crippen molar-refractivity contribution in [2.24, 2.45) is 0 Å². The number of benzene rings is 2. The molecule has 2 aromatic carbocycles. The molecular weight excluding hydrogens is 377 g/mol. The van der Waals surface area contributed by atoms with Crippen LogP contribution in [-0.4, -0.2) is 24.9 Å². The average Bonchev–Trinajstić information content (AvgIpc) is 2.66. The van der Waals surface area contributed by atoms with Crippen LogP contribution in [0, 0.1) is 0 Å². The molecule has 2 amide bonds. The Labute approximate surface area is 158 Å². The minimum Gasteiger partial charge on any atom is -0.469 e.